The standard InChI is InChI=1S/C16H23N3/c1-10(2)9-19-13(5)18-15(16(19)17)14-7-11(3)6-12(4)8-14/h6-8,10H,9,17H2,1-5H3. The molecule has 0 aliphatic heterocycles. The third-order valence-corrected chi connectivity index (χ3v) is 3.24. The normalized spacial score (nSPS) is 11.3. The molecular weight excluding hydrogens is 234 g/mol. The highest BCUT2D eigenvalue weighted by molar-refractivity contribution is 5.72. The topological polar surface area (TPSA) is 43.8 Å². The minimum atomic E-state index is 0.558. The van der Waals surface area contributed by atoms with Gasteiger partial charge in [0.15, 0.2) is 0 Å². The van der Waals surface area contributed by atoms with Gasteiger partial charge in [-0.3, -0.25) is 0 Å². The van der Waals surface area contributed by atoms with Crippen LogP contribution >= 0.6 is 0 Å². The monoisotopic (exact) mass is 257 g/mol. The lowest BCUT2D eigenvalue weighted by Crippen LogP contribution is -2.09. The van der Waals surface area contributed by atoms with Crippen LogP contribution in [-0.2, 0) is 6.54 Å². The van der Waals surface area contributed by atoms with Gasteiger partial charge >= 0.3 is 0 Å². The summed E-state index contributed by atoms with van der Waals surface area (Å²) < 4.78 is 2.11. The van der Waals surface area contributed by atoms with Gasteiger partial charge in [0.1, 0.15) is 17.3 Å². The number of imidazole rings is 1. The average molecular weight is 257 g/mol. The number of anilines is 1. The van der Waals surface area contributed by atoms with Gasteiger partial charge in [-0.25, -0.2) is 4.98 Å². The second-order valence-electron chi connectivity index (χ2n) is 5.77. The zero-order valence-electron chi connectivity index (χ0n) is 12.5. The number of aromatic nitrogens is 2. The van der Waals surface area contributed by atoms with Crippen molar-refractivity contribution in [1.82, 2.24) is 9.55 Å². The predicted molar refractivity (Wildman–Crippen MR) is 81.1 cm³/mol. The Morgan fingerprint density at radius 3 is 2.21 bits per heavy atom. The maximum atomic E-state index is 6.29. The van der Waals surface area contributed by atoms with E-state index in [1.165, 1.54) is 11.1 Å². The van der Waals surface area contributed by atoms with Crippen molar-refractivity contribution in [3.05, 3.63) is 35.2 Å². The summed E-state index contributed by atoms with van der Waals surface area (Å²) in [5.74, 6) is 2.32. The lowest BCUT2D eigenvalue weighted by atomic mass is 10.1. The number of hydrogen-bond acceptors (Lipinski definition) is 2. The minimum Gasteiger partial charge on any atom is -0.383 e. The van der Waals surface area contributed by atoms with Crippen molar-refractivity contribution in [3.63, 3.8) is 0 Å². The summed E-state index contributed by atoms with van der Waals surface area (Å²) in [6, 6.07) is 6.45. The van der Waals surface area contributed by atoms with Crippen molar-refractivity contribution in [2.24, 2.45) is 5.92 Å². The summed E-state index contributed by atoms with van der Waals surface area (Å²) >= 11 is 0. The maximum Gasteiger partial charge on any atom is 0.131 e. The van der Waals surface area contributed by atoms with Gasteiger partial charge in [0.05, 0.1) is 0 Å². The molecule has 0 saturated heterocycles. The van der Waals surface area contributed by atoms with Crippen molar-refractivity contribution in [2.75, 3.05) is 5.73 Å². The van der Waals surface area contributed by atoms with Crippen LogP contribution in [0.1, 0.15) is 30.8 Å². The van der Waals surface area contributed by atoms with Crippen LogP contribution in [0.3, 0.4) is 0 Å². The van der Waals surface area contributed by atoms with Gasteiger partial charge in [0.2, 0.25) is 0 Å². The van der Waals surface area contributed by atoms with E-state index in [2.05, 4.69) is 55.4 Å². The van der Waals surface area contributed by atoms with Crippen molar-refractivity contribution in [2.45, 2.75) is 41.2 Å². The molecule has 0 unspecified atom stereocenters. The Kier molecular flexibility index (Phi) is 3.65. The van der Waals surface area contributed by atoms with Crippen LogP contribution in [0.4, 0.5) is 5.82 Å². The summed E-state index contributed by atoms with van der Waals surface area (Å²) in [6.45, 7) is 11.5. The van der Waals surface area contributed by atoms with Crippen LogP contribution in [0, 0.1) is 26.7 Å². The molecule has 3 nitrogen and oxygen atoms in total. The van der Waals surface area contributed by atoms with E-state index >= 15 is 0 Å². The third-order valence-electron chi connectivity index (χ3n) is 3.24. The Labute approximate surface area is 115 Å². The molecule has 19 heavy (non-hydrogen) atoms. The van der Waals surface area contributed by atoms with Gasteiger partial charge in [-0.05, 0) is 38.8 Å². The Morgan fingerprint density at radius 1 is 1.11 bits per heavy atom. The van der Waals surface area contributed by atoms with E-state index in [1.807, 2.05) is 6.92 Å². The number of nitrogens with two attached hydrogens (primary N) is 1. The van der Waals surface area contributed by atoms with Crippen LogP contribution in [-0.4, -0.2) is 9.55 Å². The Bertz CT molecular complexity index is 574. The Balaban J connectivity index is 2.51. The third kappa shape index (κ3) is 2.80. The van der Waals surface area contributed by atoms with E-state index in [0.717, 1.165) is 29.4 Å². The first-order valence-corrected chi connectivity index (χ1v) is 6.79. The van der Waals surface area contributed by atoms with Crippen molar-refractivity contribution in [1.29, 1.82) is 0 Å². The Morgan fingerprint density at radius 2 is 1.68 bits per heavy atom. The minimum absolute atomic E-state index is 0.558. The second-order valence-corrected chi connectivity index (χ2v) is 5.77. The van der Waals surface area contributed by atoms with E-state index in [1.54, 1.807) is 0 Å². The predicted octanol–water partition coefficient (Wildman–Crippen LogP) is 3.71. The summed E-state index contributed by atoms with van der Waals surface area (Å²) in [4.78, 5) is 4.65. The highest BCUT2D eigenvalue weighted by atomic mass is 15.1. The number of hydrogen-bond donors (Lipinski definition) is 1. The van der Waals surface area contributed by atoms with Gasteiger partial charge in [0, 0.05) is 12.1 Å². The van der Waals surface area contributed by atoms with Crippen molar-refractivity contribution >= 4 is 5.82 Å². The van der Waals surface area contributed by atoms with Crippen LogP contribution in [0.2, 0.25) is 0 Å². The number of nitrogens with zero attached hydrogens (tertiary/aromatic N) is 2. The number of nitrogen functional groups attached to an aromatic ring is 1. The first kappa shape index (κ1) is 13.7. The van der Waals surface area contributed by atoms with E-state index in [4.69, 9.17) is 5.73 Å². The SMILES string of the molecule is Cc1cc(C)cc(-c2nc(C)n(CC(C)C)c2N)c1. The number of benzene rings is 1. The molecule has 0 amide bonds. The zero-order chi connectivity index (χ0) is 14.2. The molecule has 1 heterocycles. The van der Waals surface area contributed by atoms with Gasteiger partial charge < -0.3 is 10.3 Å². The molecule has 1 aromatic carbocycles. The molecule has 0 saturated carbocycles. The molecule has 1 aromatic heterocycles. The number of aryl methyl sites for hydroxylation is 3. The van der Waals surface area contributed by atoms with E-state index < -0.39 is 0 Å². The molecule has 0 radical (unpaired) electrons. The molecule has 0 atom stereocenters. The van der Waals surface area contributed by atoms with Crippen LogP contribution in [0.25, 0.3) is 11.3 Å². The molecule has 2 rings (SSSR count). The van der Waals surface area contributed by atoms with Gasteiger partial charge in [-0.1, -0.05) is 31.0 Å². The summed E-state index contributed by atoms with van der Waals surface area (Å²) in [7, 11) is 0. The summed E-state index contributed by atoms with van der Waals surface area (Å²) in [5, 5.41) is 0. The van der Waals surface area contributed by atoms with Crippen LogP contribution in [0.15, 0.2) is 18.2 Å². The molecule has 2 aromatic rings. The maximum absolute atomic E-state index is 6.29. The molecule has 0 fully saturated rings. The highest BCUT2D eigenvalue weighted by Gasteiger charge is 2.14. The number of rotatable bonds is 3. The first-order valence-electron chi connectivity index (χ1n) is 6.79. The summed E-state index contributed by atoms with van der Waals surface area (Å²) in [6.07, 6.45) is 0. The fraction of sp³-hybridized carbons (Fsp3) is 0.438. The van der Waals surface area contributed by atoms with Gasteiger partial charge in [-0.15, -0.1) is 0 Å². The highest BCUT2D eigenvalue weighted by Crippen LogP contribution is 2.28. The van der Waals surface area contributed by atoms with E-state index in [-0.39, 0.29) is 0 Å². The molecule has 0 spiro atoms. The molecular formula is C16H23N3. The quantitative estimate of drug-likeness (QED) is 0.910. The summed E-state index contributed by atoms with van der Waals surface area (Å²) in [5.41, 5.74) is 10.8. The fourth-order valence-corrected chi connectivity index (χ4v) is 2.50. The lowest BCUT2D eigenvalue weighted by Gasteiger charge is -2.10. The molecule has 3 heteroatoms. The van der Waals surface area contributed by atoms with E-state index in [9.17, 15) is 0 Å². The van der Waals surface area contributed by atoms with Crippen LogP contribution < -0.4 is 5.73 Å². The molecule has 102 valence electrons. The molecule has 0 aliphatic carbocycles. The zero-order valence-corrected chi connectivity index (χ0v) is 12.5. The molecule has 2 N–H and O–H groups in total. The fourth-order valence-electron chi connectivity index (χ4n) is 2.50. The van der Waals surface area contributed by atoms with Crippen molar-refractivity contribution in [3.8, 4) is 11.3 Å². The van der Waals surface area contributed by atoms with Gasteiger partial charge in [0.25, 0.3) is 0 Å². The largest absolute Gasteiger partial charge is 0.383 e. The second kappa shape index (κ2) is 5.08. The van der Waals surface area contributed by atoms with Crippen LogP contribution in [0.5, 0.6) is 0 Å². The smallest absolute Gasteiger partial charge is 0.131 e. The Hall–Kier alpha value is -1.77. The lowest BCUT2D eigenvalue weighted by molar-refractivity contribution is 0.518. The van der Waals surface area contributed by atoms with Gasteiger partial charge in [-0.2, -0.15) is 0 Å². The van der Waals surface area contributed by atoms with E-state index in [0.29, 0.717) is 5.92 Å². The average Bonchev–Trinajstić information content (AvgIpc) is 2.55. The molecule has 0 aliphatic rings. The van der Waals surface area contributed by atoms with Crippen molar-refractivity contribution < 1.29 is 0 Å². The first-order chi connectivity index (χ1) is 8.88. The molecule has 0 bridgehead atoms.